The molecule has 0 aliphatic carbocycles. The third-order valence-corrected chi connectivity index (χ3v) is 4.85. The first kappa shape index (κ1) is 22.5. The maximum absolute atomic E-state index is 11.4. The van der Waals surface area contributed by atoms with Crippen molar-refractivity contribution in [3.8, 4) is 17.2 Å². The second-order valence-electron chi connectivity index (χ2n) is 7.29. The summed E-state index contributed by atoms with van der Waals surface area (Å²) in [6, 6.07) is 19.6. The molecule has 0 amide bonds. The molecule has 0 atom stereocenters. The predicted molar refractivity (Wildman–Crippen MR) is 122 cm³/mol. The second kappa shape index (κ2) is 10.3. The molecule has 0 saturated heterocycles. The highest BCUT2D eigenvalue weighted by Gasteiger charge is 2.16. The minimum Gasteiger partial charge on any atom is -0.619 e. The van der Waals surface area contributed by atoms with E-state index in [2.05, 4.69) is 10.1 Å². The predicted octanol–water partition coefficient (Wildman–Crippen LogP) is 3.87. The van der Waals surface area contributed by atoms with Crippen molar-refractivity contribution < 1.29 is 28.6 Å². The molecule has 1 N–H and O–H groups in total. The highest BCUT2D eigenvalue weighted by Crippen LogP contribution is 2.23. The van der Waals surface area contributed by atoms with Crippen molar-refractivity contribution in [2.24, 2.45) is 5.16 Å². The number of nitrogens with zero attached hydrogens (tertiary/aromatic N) is 3. The van der Waals surface area contributed by atoms with Crippen molar-refractivity contribution in [1.29, 1.82) is 0 Å². The van der Waals surface area contributed by atoms with Gasteiger partial charge in [0, 0.05) is 11.6 Å². The van der Waals surface area contributed by atoms with Gasteiger partial charge >= 0.3 is 5.97 Å². The van der Waals surface area contributed by atoms with Crippen LogP contribution in [0.5, 0.6) is 5.75 Å². The van der Waals surface area contributed by atoms with Crippen LogP contribution in [-0.2, 0) is 22.8 Å². The normalized spacial score (nSPS) is 11.3. The maximum Gasteiger partial charge on any atom is 0.358 e. The van der Waals surface area contributed by atoms with Gasteiger partial charge in [-0.1, -0.05) is 35.5 Å². The molecule has 2 heterocycles. The van der Waals surface area contributed by atoms with Gasteiger partial charge in [0.25, 0.3) is 0 Å². The van der Waals surface area contributed by atoms with Gasteiger partial charge in [-0.3, -0.25) is 0 Å². The zero-order valence-electron chi connectivity index (χ0n) is 18.2. The Balaban J connectivity index is 1.34. The Morgan fingerprint density at radius 3 is 2.56 bits per heavy atom. The van der Waals surface area contributed by atoms with Gasteiger partial charge in [0.15, 0.2) is 12.4 Å². The number of rotatable bonds is 9. The first-order valence-electron chi connectivity index (χ1n) is 10.4. The monoisotopic (exact) mass is 459 g/mol. The lowest BCUT2D eigenvalue weighted by atomic mass is 10.2. The highest BCUT2D eigenvalue weighted by molar-refractivity contribution is 6.42. The summed E-state index contributed by atoms with van der Waals surface area (Å²) in [7, 11) is 0. The summed E-state index contributed by atoms with van der Waals surface area (Å²) >= 11 is 0. The molecule has 0 aliphatic rings. The van der Waals surface area contributed by atoms with Crippen LogP contribution < -0.4 is 9.47 Å². The number of hydrogen-bond donors (Lipinski definition) is 1. The van der Waals surface area contributed by atoms with Crippen LogP contribution in [0.4, 0.5) is 0 Å². The number of oxime groups is 1. The van der Waals surface area contributed by atoms with E-state index in [0.717, 1.165) is 17.3 Å². The minimum atomic E-state index is -1.30. The number of carboxylic acid groups (broad SMARTS) is 1. The van der Waals surface area contributed by atoms with Crippen LogP contribution in [0.25, 0.3) is 11.5 Å². The summed E-state index contributed by atoms with van der Waals surface area (Å²) in [6.45, 7) is 2.14. The van der Waals surface area contributed by atoms with Gasteiger partial charge in [-0.2, -0.15) is 4.73 Å². The summed E-state index contributed by atoms with van der Waals surface area (Å²) in [5.41, 5.74) is 2.16. The maximum atomic E-state index is 11.4. The van der Waals surface area contributed by atoms with E-state index in [1.165, 1.54) is 18.3 Å². The minimum absolute atomic E-state index is 0.0457. The van der Waals surface area contributed by atoms with Crippen LogP contribution in [-0.4, -0.2) is 21.8 Å². The van der Waals surface area contributed by atoms with Crippen molar-refractivity contribution >= 4 is 11.7 Å². The molecule has 2 aromatic heterocycles. The molecule has 0 fully saturated rings. The molecule has 0 bridgehead atoms. The Kier molecular flexibility index (Phi) is 6.83. The van der Waals surface area contributed by atoms with Gasteiger partial charge in [0.1, 0.15) is 30.4 Å². The summed E-state index contributed by atoms with van der Waals surface area (Å²) in [5.74, 6) is 0.572. The Morgan fingerprint density at radius 1 is 1.09 bits per heavy atom. The molecular formula is C25H21N3O6. The Morgan fingerprint density at radius 2 is 1.85 bits per heavy atom. The highest BCUT2D eigenvalue weighted by atomic mass is 16.6. The van der Waals surface area contributed by atoms with Gasteiger partial charge in [0.05, 0.1) is 5.56 Å². The fourth-order valence-corrected chi connectivity index (χ4v) is 3.08. The lowest BCUT2D eigenvalue weighted by molar-refractivity contribution is -0.605. The van der Waals surface area contributed by atoms with Crippen molar-refractivity contribution in [1.82, 2.24) is 4.98 Å². The second-order valence-corrected chi connectivity index (χ2v) is 7.29. The van der Waals surface area contributed by atoms with Gasteiger partial charge in [-0.25, -0.2) is 9.78 Å². The number of aromatic nitrogens is 2. The van der Waals surface area contributed by atoms with Crippen LogP contribution in [0.2, 0.25) is 0 Å². The van der Waals surface area contributed by atoms with Gasteiger partial charge in [-0.05, 0) is 42.8 Å². The Labute approximate surface area is 195 Å². The molecule has 0 aliphatic heterocycles. The van der Waals surface area contributed by atoms with Gasteiger partial charge in [0.2, 0.25) is 11.6 Å². The molecule has 9 nitrogen and oxygen atoms in total. The molecule has 0 spiro atoms. The van der Waals surface area contributed by atoms with Crippen molar-refractivity contribution in [3.05, 3.63) is 107 Å². The summed E-state index contributed by atoms with van der Waals surface area (Å²) in [5, 5.41) is 24.4. The Hall–Kier alpha value is -4.66. The zero-order chi connectivity index (χ0) is 23.9. The largest absolute Gasteiger partial charge is 0.619 e. The van der Waals surface area contributed by atoms with E-state index >= 15 is 0 Å². The van der Waals surface area contributed by atoms with Crippen molar-refractivity contribution in [2.75, 3.05) is 0 Å². The first-order chi connectivity index (χ1) is 16.5. The molecule has 0 unspecified atom stereocenters. The van der Waals surface area contributed by atoms with Crippen LogP contribution in [0.1, 0.15) is 22.6 Å². The average molecular weight is 459 g/mol. The van der Waals surface area contributed by atoms with E-state index in [1.807, 2.05) is 37.3 Å². The van der Waals surface area contributed by atoms with E-state index in [0.29, 0.717) is 27.8 Å². The molecule has 0 radical (unpaired) electrons. The number of aryl methyl sites for hydroxylation is 1. The zero-order valence-corrected chi connectivity index (χ0v) is 18.2. The van der Waals surface area contributed by atoms with Crippen LogP contribution in [0, 0.1) is 12.1 Å². The SMILES string of the molecule is Cc1oc(-c2ccccc2)nc1COc1ccc(CON=C(C(=O)O)c2ccc[n+]([O-])c2)cc1. The number of carbonyl (C=O) groups is 1. The van der Waals surface area contributed by atoms with E-state index < -0.39 is 5.97 Å². The third kappa shape index (κ3) is 5.57. The number of pyridine rings is 1. The molecule has 0 saturated carbocycles. The van der Waals surface area contributed by atoms with Crippen LogP contribution >= 0.6 is 0 Å². The molecule has 2 aromatic carbocycles. The molecular weight excluding hydrogens is 438 g/mol. The number of hydrogen-bond acceptors (Lipinski definition) is 7. The first-order valence-corrected chi connectivity index (χ1v) is 10.4. The lowest BCUT2D eigenvalue weighted by Crippen LogP contribution is -2.27. The molecule has 4 rings (SSSR count). The number of carboxylic acids is 1. The Bertz CT molecular complexity index is 1300. The van der Waals surface area contributed by atoms with Crippen LogP contribution in [0.15, 0.2) is 88.7 Å². The van der Waals surface area contributed by atoms with Crippen molar-refractivity contribution in [2.45, 2.75) is 20.1 Å². The van der Waals surface area contributed by atoms with E-state index in [1.54, 1.807) is 24.3 Å². The summed E-state index contributed by atoms with van der Waals surface area (Å²) in [6.07, 6.45) is 2.36. The fourth-order valence-electron chi connectivity index (χ4n) is 3.08. The summed E-state index contributed by atoms with van der Waals surface area (Å²) < 4.78 is 12.1. The fraction of sp³-hybridized carbons (Fsp3) is 0.120. The summed E-state index contributed by atoms with van der Waals surface area (Å²) in [4.78, 5) is 21.2. The van der Waals surface area contributed by atoms with Crippen LogP contribution in [0.3, 0.4) is 0 Å². The van der Waals surface area contributed by atoms with Gasteiger partial charge < -0.3 is 24.3 Å². The molecule has 9 heteroatoms. The standard InChI is InChI=1S/C25H21N3O6/c1-17-22(26-24(34-17)19-6-3-2-4-7-19)16-32-21-11-9-18(10-12-21)15-33-27-23(25(29)30)20-8-5-13-28(31)14-20/h2-14H,15-16H2,1H3,(H,29,30). The number of benzene rings is 2. The molecule has 172 valence electrons. The average Bonchev–Trinajstić information content (AvgIpc) is 3.22. The third-order valence-electron chi connectivity index (χ3n) is 4.85. The van der Waals surface area contributed by atoms with Crippen molar-refractivity contribution in [3.63, 3.8) is 0 Å². The van der Waals surface area contributed by atoms with Gasteiger partial charge in [-0.15, -0.1) is 0 Å². The lowest BCUT2D eigenvalue weighted by Gasteiger charge is -2.06. The molecule has 34 heavy (non-hydrogen) atoms. The van der Waals surface area contributed by atoms with E-state index in [-0.39, 0.29) is 24.5 Å². The van der Waals surface area contributed by atoms with E-state index in [9.17, 15) is 15.1 Å². The van der Waals surface area contributed by atoms with E-state index in [4.69, 9.17) is 14.0 Å². The quantitative estimate of drug-likeness (QED) is 0.175. The topological polar surface area (TPSA) is 121 Å². The number of oxazole rings is 1. The number of aliphatic carboxylic acids is 1. The number of ether oxygens (including phenoxy) is 1. The smallest absolute Gasteiger partial charge is 0.358 e. The molecule has 4 aromatic rings.